The third kappa shape index (κ3) is 1.68. The summed E-state index contributed by atoms with van der Waals surface area (Å²) in [6.07, 6.45) is 2.24. The fourth-order valence-corrected chi connectivity index (χ4v) is 0.500. The van der Waals surface area contributed by atoms with Crippen molar-refractivity contribution in [3.05, 3.63) is 17.7 Å². The first-order valence-corrected chi connectivity index (χ1v) is 2.29. The highest BCUT2D eigenvalue weighted by atomic mass is 16.1. The number of aromatic amines is 1. The third-order valence-electron chi connectivity index (χ3n) is 0.849. The van der Waals surface area contributed by atoms with Crippen LogP contribution in [0.3, 0.4) is 0 Å². The van der Waals surface area contributed by atoms with Crippen molar-refractivity contribution in [2.24, 2.45) is 0 Å². The Morgan fingerprint density at radius 1 is 1.78 bits per heavy atom. The Labute approximate surface area is 54.1 Å². The van der Waals surface area contributed by atoms with Crippen LogP contribution in [-0.4, -0.2) is 16.3 Å². The first-order valence-electron chi connectivity index (χ1n) is 2.29. The van der Waals surface area contributed by atoms with Crippen LogP contribution in [0, 0.1) is 6.92 Å². The Morgan fingerprint density at radius 2 is 2.44 bits per heavy atom. The lowest BCUT2D eigenvalue weighted by Crippen LogP contribution is -1.76. The molecule has 0 fully saturated rings. The monoisotopic (exact) mass is 126 g/mol. The molecular formula is C6H10N2O. The molecule has 0 aromatic carbocycles. The van der Waals surface area contributed by atoms with Gasteiger partial charge in [0.25, 0.3) is 0 Å². The van der Waals surface area contributed by atoms with Gasteiger partial charge in [-0.1, -0.05) is 7.43 Å². The summed E-state index contributed by atoms with van der Waals surface area (Å²) in [4.78, 5) is 16.5. The molecule has 0 aliphatic rings. The molecule has 0 atom stereocenters. The first-order chi connectivity index (χ1) is 3.83. The van der Waals surface area contributed by atoms with E-state index in [1.54, 1.807) is 6.92 Å². The number of aromatic nitrogens is 2. The Bertz CT molecular complexity index is 193. The predicted octanol–water partition coefficient (Wildman–Crippen LogP) is 1.17. The highest BCUT2D eigenvalue weighted by molar-refractivity contribution is 5.71. The van der Waals surface area contributed by atoms with E-state index in [0.717, 1.165) is 12.1 Å². The highest BCUT2D eigenvalue weighted by Gasteiger charge is 1.89. The molecule has 3 heteroatoms. The molecule has 0 unspecified atom stereocenters. The predicted molar refractivity (Wildman–Crippen MR) is 35.4 cm³/mol. The topological polar surface area (TPSA) is 45.8 Å². The van der Waals surface area contributed by atoms with Crippen molar-refractivity contribution in [1.82, 2.24) is 9.97 Å². The number of nitrogens with one attached hydrogen (secondary N) is 1. The normalized spacial score (nSPS) is 8.11. The van der Waals surface area contributed by atoms with Crippen LogP contribution in [0.1, 0.15) is 23.7 Å². The van der Waals surface area contributed by atoms with Crippen molar-refractivity contribution in [2.75, 3.05) is 0 Å². The molecule has 1 aromatic rings. The van der Waals surface area contributed by atoms with Crippen LogP contribution >= 0.6 is 0 Å². The number of hydrogen-bond donors (Lipinski definition) is 1. The maximum atomic E-state index is 9.95. The molecule has 9 heavy (non-hydrogen) atoms. The van der Waals surface area contributed by atoms with Crippen molar-refractivity contribution >= 4 is 6.29 Å². The number of hydrogen-bond acceptors (Lipinski definition) is 2. The van der Waals surface area contributed by atoms with E-state index in [1.807, 2.05) is 0 Å². The van der Waals surface area contributed by atoms with Crippen molar-refractivity contribution in [3.63, 3.8) is 0 Å². The number of carbonyl (C=O) groups excluding carboxylic acids is 1. The SMILES string of the molecule is C.Cc1ncc(C=O)[nH]1. The average Bonchev–Trinajstić information content (AvgIpc) is 2.14. The van der Waals surface area contributed by atoms with Gasteiger partial charge in [0.05, 0.1) is 11.9 Å². The lowest BCUT2D eigenvalue weighted by Gasteiger charge is -1.74. The quantitative estimate of drug-likeness (QED) is 0.574. The van der Waals surface area contributed by atoms with Gasteiger partial charge in [0.1, 0.15) is 5.82 Å². The van der Waals surface area contributed by atoms with E-state index >= 15 is 0 Å². The molecule has 3 nitrogen and oxygen atoms in total. The molecule has 1 N–H and O–H groups in total. The van der Waals surface area contributed by atoms with Crippen molar-refractivity contribution < 1.29 is 4.79 Å². The Balaban J connectivity index is 0.000000640. The molecule has 1 heterocycles. The van der Waals surface area contributed by atoms with Crippen LogP contribution in [0.15, 0.2) is 6.20 Å². The second-order valence-corrected chi connectivity index (χ2v) is 1.54. The Morgan fingerprint density at radius 3 is 2.67 bits per heavy atom. The van der Waals surface area contributed by atoms with Crippen LogP contribution in [-0.2, 0) is 0 Å². The summed E-state index contributed by atoms with van der Waals surface area (Å²) in [6, 6.07) is 0. The molecule has 0 radical (unpaired) electrons. The number of aldehydes is 1. The van der Waals surface area contributed by atoms with Crippen molar-refractivity contribution in [3.8, 4) is 0 Å². The van der Waals surface area contributed by atoms with Crippen LogP contribution < -0.4 is 0 Å². The van der Waals surface area contributed by atoms with Gasteiger partial charge in [0.15, 0.2) is 6.29 Å². The van der Waals surface area contributed by atoms with E-state index in [0.29, 0.717) is 5.69 Å². The maximum absolute atomic E-state index is 9.95. The molecule has 50 valence electrons. The van der Waals surface area contributed by atoms with Gasteiger partial charge in [0.2, 0.25) is 0 Å². The largest absolute Gasteiger partial charge is 0.340 e. The smallest absolute Gasteiger partial charge is 0.167 e. The molecule has 0 aliphatic carbocycles. The molecule has 1 rings (SSSR count). The summed E-state index contributed by atoms with van der Waals surface area (Å²) < 4.78 is 0. The zero-order chi connectivity index (χ0) is 5.98. The lowest BCUT2D eigenvalue weighted by atomic mass is 10.6. The van der Waals surface area contributed by atoms with E-state index < -0.39 is 0 Å². The minimum absolute atomic E-state index is 0. The van der Waals surface area contributed by atoms with Crippen molar-refractivity contribution in [2.45, 2.75) is 14.4 Å². The molecule has 0 aliphatic heterocycles. The number of imidazole rings is 1. The van der Waals surface area contributed by atoms with Gasteiger partial charge < -0.3 is 4.98 Å². The second kappa shape index (κ2) is 3.02. The number of rotatable bonds is 1. The first kappa shape index (κ1) is 7.88. The van der Waals surface area contributed by atoms with Crippen LogP contribution in [0.25, 0.3) is 0 Å². The summed E-state index contributed by atoms with van der Waals surface area (Å²) in [5.41, 5.74) is 0.530. The number of carbonyl (C=O) groups is 1. The molecule has 0 bridgehead atoms. The molecule has 0 saturated carbocycles. The zero-order valence-electron chi connectivity index (χ0n) is 4.51. The van der Waals surface area contributed by atoms with E-state index in [9.17, 15) is 4.79 Å². The summed E-state index contributed by atoms with van der Waals surface area (Å²) in [5, 5.41) is 0. The Hall–Kier alpha value is -1.12. The molecular weight excluding hydrogens is 116 g/mol. The summed E-state index contributed by atoms with van der Waals surface area (Å²) in [5.74, 6) is 0.770. The zero-order valence-corrected chi connectivity index (χ0v) is 4.51. The minimum atomic E-state index is 0. The summed E-state index contributed by atoms with van der Waals surface area (Å²) in [7, 11) is 0. The van der Waals surface area contributed by atoms with Gasteiger partial charge in [-0.15, -0.1) is 0 Å². The van der Waals surface area contributed by atoms with E-state index in [-0.39, 0.29) is 7.43 Å². The summed E-state index contributed by atoms with van der Waals surface area (Å²) >= 11 is 0. The average molecular weight is 126 g/mol. The van der Waals surface area contributed by atoms with Crippen LogP contribution in [0.2, 0.25) is 0 Å². The Kier molecular flexibility index (Phi) is 2.64. The van der Waals surface area contributed by atoms with E-state index in [2.05, 4.69) is 9.97 Å². The van der Waals surface area contributed by atoms with Gasteiger partial charge >= 0.3 is 0 Å². The number of nitrogens with zero attached hydrogens (tertiary/aromatic N) is 1. The number of aryl methyl sites for hydroxylation is 1. The summed E-state index contributed by atoms with van der Waals surface area (Å²) in [6.45, 7) is 1.80. The van der Waals surface area contributed by atoms with Crippen LogP contribution in [0.5, 0.6) is 0 Å². The number of H-pyrrole nitrogens is 1. The van der Waals surface area contributed by atoms with E-state index in [4.69, 9.17) is 0 Å². The molecule has 0 amide bonds. The van der Waals surface area contributed by atoms with Crippen molar-refractivity contribution in [1.29, 1.82) is 0 Å². The molecule has 0 saturated heterocycles. The highest BCUT2D eigenvalue weighted by Crippen LogP contribution is 1.88. The lowest BCUT2D eigenvalue weighted by molar-refractivity contribution is 0.111. The minimum Gasteiger partial charge on any atom is -0.340 e. The maximum Gasteiger partial charge on any atom is 0.167 e. The second-order valence-electron chi connectivity index (χ2n) is 1.54. The van der Waals surface area contributed by atoms with E-state index in [1.165, 1.54) is 6.20 Å². The molecule has 1 aromatic heterocycles. The third-order valence-corrected chi connectivity index (χ3v) is 0.849. The van der Waals surface area contributed by atoms with Gasteiger partial charge in [-0.05, 0) is 6.92 Å². The van der Waals surface area contributed by atoms with Gasteiger partial charge in [0, 0.05) is 0 Å². The fourth-order valence-electron chi connectivity index (χ4n) is 0.500. The van der Waals surface area contributed by atoms with Gasteiger partial charge in [-0.3, -0.25) is 4.79 Å². The van der Waals surface area contributed by atoms with Crippen LogP contribution in [0.4, 0.5) is 0 Å². The standard InChI is InChI=1S/C5H6N2O.CH4/c1-4-6-2-5(3-8)7-4;/h2-3H,1H3,(H,6,7);1H4. The van der Waals surface area contributed by atoms with Gasteiger partial charge in [-0.25, -0.2) is 4.98 Å². The van der Waals surface area contributed by atoms with Gasteiger partial charge in [-0.2, -0.15) is 0 Å². The molecule has 0 spiro atoms. The fraction of sp³-hybridized carbons (Fsp3) is 0.333.